The van der Waals surface area contributed by atoms with Crippen molar-refractivity contribution in [1.82, 2.24) is 10.2 Å². The molecule has 1 aromatic carbocycles. The van der Waals surface area contributed by atoms with E-state index in [1.807, 2.05) is 6.07 Å². The summed E-state index contributed by atoms with van der Waals surface area (Å²) in [6, 6.07) is 8.30. The minimum Gasteiger partial charge on any atom is -0.393 e. The van der Waals surface area contributed by atoms with Crippen LogP contribution in [0.25, 0.3) is 0 Å². The fraction of sp³-hybridized carbons (Fsp3) is 0.632. The molecule has 2 aliphatic heterocycles. The Morgan fingerprint density at radius 1 is 1.21 bits per heavy atom. The molecule has 2 fully saturated rings. The molecule has 24 heavy (non-hydrogen) atoms. The van der Waals surface area contributed by atoms with Crippen molar-refractivity contribution in [3.05, 3.63) is 35.4 Å². The number of aliphatic hydroxyl groups is 1. The van der Waals surface area contributed by atoms with Crippen molar-refractivity contribution in [1.29, 1.82) is 0 Å². The Balaban J connectivity index is 1.54. The van der Waals surface area contributed by atoms with Gasteiger partial charge in [0.05, 0.1) is 18.6 Å². The highest BCUT2D eigenvalue weighted by Crippen LogP contribution is 2.17. The van der Waals surface area contributed by atoms with Crippen LogP contribution in [-0.4, -0.2) is 48.3 Å². The van der Waals surface area contributed by atoms with Crippen LogP contribution in [0.15, 0.2) is 24.3 Å². The van der Waals surface area contributed by atoms with E-state index in [9.17, 15) is 9.90 Å². The number of carbonyl (C=O) groups excluding carboxylic acids is 1. The molecule has 0 spiro atoms. The Hall–Kier alpha value is -1.43. The lowest BCUT2D eigenvalue weighted by molar-refractivity contribution is -0.129. The molecular weight excluding hydrogens is 304 g/mol. The largest absolute Gasteiger partial charge is 0.393 e. The number of carbonyl (C=O) groups is 1. The van der Waals surface area contributed by atoms with Gasteiger partial charge in [-0.3, -0.25) is 9.69 Å². The van der Waals surface area contributed by atoms with Crippen molar-refractivity contribution in [2.45, 2.75) is 44.9 Å². The fourth-order valence-corrected chi connectivity index (χ4v) is 3.48. The number of hydrogen-bond donors (Lipinski definition) is 2. The number of likely N-dealkylation sites (tertiary alicyclic amines) is 1. The van der Waals surface area contributed by atoms with Gasteiger partial charge in [-0.25, -0.2) is 0 Å². The third-order valence-electron chi connectivity index (χ3n) is 5.05. The number of amides is 1. The lowest BCUT2D eigenvalue weighted by atomic mass is 10.0. The van der Waals surface area contributed by atoms with E-state index in [2.05, 4.69) is 28.4 Å². The summed E-state index contributed by atoms with van der Waals surface area (Å²) in [5, 5.41) is 12.7. The van der Waals surface area contributed by atoms with E-state index < -0.39 is 0 Å². The van der Waals surface area contributed by atoms with Crippen molar-refractivity contribution in [3.63, 3.8) is 0 Å². The zero-order valence-corrected chi connectivity index (χ0v) is 14.2. The lowest BCUT2D eigenvalue weighted by Crippen LogP contribution is -2.36. The van der Waals surface area contributed by atoms with Crippen LogP contribution in [0.2, 0.25) is 0 Å². The number of rotatable bonds is 5. The van der Waals surface area contributed by atoms with Gasteiger partial charge in [-0.1, -0.05) is 24.3 Å². The first kappa shape index (κ1) is 17.4. The van der Waals surface area contributed by atoms with Crippen LogP contribution in [0.1, 0.15) is 36.8 Å². The minimum absolute atomic E-state index is 0.00510. The maximum atomic E-state index is 12.3. The molecule has 2 saturated heterocycles. The van der Waals surface area contributed by atoms with E-state index in [-0.39, 0.29) is 17.9 Å². The lowest BCUT2D eigenvalue weighted by Gasteiger charge is -2.30. The molecule has 5 nitrogen and oxygen atoms in total. The average Bonchev–Trinajstić information content (AvgIpc) is 2.63. The molecule has 0 bridgehead atoms. The van der Waals surface area contributed by atoms with E-state index in [1.54, 1.807) is 0 Å². The molecule has 1 aromatic rings. The van der Waals surface area contributed by atoms with E-state index >= 15 is 0 Å². The number of hydrogen-bond acceptors (Lipinski definition) is 4. The van der Waals surface area contributed by atoms with Crippen LogP contribution in [0.3, 0.4) is 0 Å². The van der Waals surface area contributed by atoms with Crippen molar-refractivity contribution >= 4 is 5.91 Å². The van der Waals surface area contributed by atoms with E-state index in [0.717, 1.165) is 51.9 Å². The van der Waals surface area contributed by atoms with Gasteiger partial charge in [0.1, 0.15) is 0 Å². The predicted molar refractivity (Wildman–Crippen MR) is 92.3 cm³/mol. The van der Waals surface area contributed by atoms with Crippen LogP contribution < -0.4 is 5.32 Å². The van der Waals surface area contributed by atoms with Gasteiger partial charge in [0.15, 0.2) is 0 Å². The van der Waals surface area contributed by atoms with E-state index in [1.165, 1.54) is 11.1 Å². The molecule has 0 aromatic heterocycles. The van der Waals surface area contributed by atoms with Crippen molar-refractivity contribution in [2.75, 3.05) is 26.3 Å². The maximum Gasteiger partial charge on any atom is 0.225 e. The smallest absolute Gasteiger partial charge is 0.225 e. The molecule has 3 rings (SSSR count). The average molecular weight is 332 g/mol. The Kier molecular flexibility index (Phi) is 6.24. The van der Waals surface area contributed by atoms with Gasteiger partial charge >= 0.3 is 0 Å². The maximum absolute atomic E-state index is 12.3. The number of benzene rings is 1. The number of nitrogens with zero attached hydrogens (tertiary/aromatic N) is 1. The summed E-state index contributed by atoms with van der Waals surface area (Å²) in [7, 11) is 0. The topological polar surface area (TPSA) is 61.8 Å². The first-order valence-corrected chi connectivity index (χ1v) is 9.05. The molecule has 132 valence electrons. The highest BCUT2D eigenvalue weighted by Gasteiger charge is 2.22. The monoisotopic (exact) mass is 332 g/mol. The van der Waals surface area contributed by atoms with Crippen LogP contribution in [0.4, 0.5) is 0 Å². The molecule has 0 radical (unpaired) electrons. The second-order valence-electron chi connectivity index (χ2n) is 6.91. The third kappa shape index (κ3) is 4.79. The Labute approximate surface area is 144 Å². The summed E-state index contributed by atoms with van der Waals surface area (Å²) in [4.78, 5) is 14.7. The van der Waals surface area contributed by atoms with Gasteiger partial charge in [0, 0.05) is 32.8 Å². The summed E-state index contributed by atoms with van der Waals surface area (Å²) in [5.74, 6) is 0.0973. The zero-order valence-electron chi connectivity index (χ0n) is 14.2. The quantitative estimate of drug-likeness (QED) is 0.861. The van der Waals surface area contributed by atoms with Gasteiger partial charge in [-0.05, 0) is 36.8 Å². The second kappa shape index (κ2) is 8.60. The van der Waals surface area contributed by atoms with Crippen molar-refractivity contribution in [2.24, 2.45) is 5.92 Å². The molecule has 1 atom stereocenters. The SMILES string of the molecule is O=C(NCc1ccccc1CN1CCC(O)CC1)C1CCCOC1. The van der Waals surface area contributed by atoms with Crippen LogP contribution in [0, 0.1) is 5.92 Å². The molecule has 0 saturated carbocycles. The zero-order chi connectivity index (χ0) is 16.8. The molecule has 1 amide bonds. The van der Waals surface area contributed by atoms with Crippen molar-refractivity contribution in [3.8, 4) is 0 Å². The summed E-state index contributed by atoms with van der Waals surface area (Å²) < 4.78 is 5.40. The number of piperidine rings is 1. The summed E-state index contributed by atoms with van der Waals surface area (Å²) in [6.45, 7) is 4.64. The highest BCUT2D eigenvalue weighted by molar-refractivity contribution is 5.78. The normalized spacial score (nSPS) is 23.1. The number of nitrogens with one attached hydrogen (secondary N) is 1. The van der Waals surface area contributed by atoms with Gasteiger partial charge < -0.3 is 15.2 Å². The highest BCUT2D eigenvalue weighted by atomic mass is 16.5. The van der Waals surface area contributed by atoms with Gasteiger partial charge in [-0.15, -0.1) is 0 Å². The molecule has 2 aliphatic rings. The number of aliphatic hydroxyl groups excluding tert-OH is 1. The summed E-state index contributed by atoms with van der Waals surface area (Å²) in [5.41, 5.74) is 2.43. The van der Waals surface area contributed by atoms with Gasteiger partial charge in [0.2, 0.25) is 5.91 Å². The Morgan fingerprint density at radius 2 is 1.96 bits per heavy atom. The van der Waals surface area contributed by atoms with E-state index in [4.69, 9.17) is 4.74 Å². The predicted octanol–water partition coefficient (Wildman–Crippen LogP) is 1.69. The Morgan fingerprint density at radius 3 is 2.67 bits per heavy atom. The summed E-state index contributed by atoms with van der Waals surface area (Å²) in [6.07, 6.45) is 3.44. The standard InChI is InChI=1S/C19H28N2O3/c22-18-7-9-21(10-8-18)13-16-5-2-1-4-15(16)12-20-19(23)17-6-3-11-24-14-17/h1-2,4-5,17-18,22H,3,6-14H2,(H,20,23). The van der Waals surface area contributed by atoms with Crippen LogP contribution in [-0.2, 0) is 22.6 Å². The molecule has 2 heterocycles. The minimum atomic E-state index is -0.145. The number of ether oxygens (including phenoxy) is 1. The first-order chi connectivity index (χ1) is 11.7. The van der Waals surface area contributed by atoms with Gasteiger partial charge in [0.25, 0.3) is 0 Å². The second-order valence-corrected chi connectivity index (χ2v) is 6.91. The van der Waals surface area contributed by atoms with Crippen LogP contribution in [0.5, 0.6) is 0 Å². The molecule has 1 unspecified atom stereocenters. The Bertz CT molecular complexity index is 535. The van der Waals surface area contributed by atoms with Crippen molar-refractivity contribution < 1.29 is 14.6 Å². The molecule has 2 N–H and O–H groups in total. The molecular formula is C19H28N2O3. The van der Waals surface area contributed by atoms with E-state index in [0.29, 0.717) is 13.2 Å². The molecule has 0 aliphatic carbocycles. The fourth-order valence-electron chi connectivity index (χ4n) is 3.48. The van der Waals surface area contributed by atoms with Gasteiger partial charge in [-0.2, -0.15) is 0 Å². The third-order valence-corrected chi connectivity index (χ3v) is 5.05. The first-order valence-electron chi connectivity index (χ1n) is 9.05. The molecule has 5 heteroatoms. The van der Waals surface area contributed by atoms with Crippen LogP contribution >= 0.6 is 0 Å². The summed E-state index contributed by atoms with van der Waals surface area (Å²) >= 11 is 0.